The van der Waals surface area contributed by atoms with Gasteiger partial charge in [0.1, 0.15) is 0 Å². The summed E-state index contributed by atoms with van der Waals surface area (Å²) in [4.78, 5) is 18.4. The van der Waals surface area contributed by atoms with Crippen LogP contribution in [0.2, 0.25) is 0 Å². The smallest absolute Gasteiger partial charge is 0.382 e. The summed E-state index contributed by atoms with van der Waals surface area (Å²) in [6.07, 6.45) is 4.76. The minimum Gasteiger partial charge on any atom is -0.382 e. The van der Waals surface area contributed by atoms with E-state index < -0.39 is 11.7 Å². The number of halogens is 3. The molecule has 2 aromatic rings. The van der Waals surface area contributed by atoms with Crippen LogP contribution in [-0.4, -0.2) is 54.7 Å². The van der Waals surface area contributed by atoms with Crippen molar-refractivity contribution in [3.63, 3.8) is 0 Å². The van der Waals surface area contributed by atoms with E-state index in [0.717, 1.165) is 44.2 Å². The first kappa shape index (κ1) is 29.2. The molecule has 6 nitrogen and oxygen atoms in total. The maximum atomic E-state index is 13.6. The highest BCUT2D eigenvalue weighted by Gasteiger charge is 2.35. The van der Waals surface area contributed by atoms with Crippen molar-refractivity contribution in [3.05, 3.63) is 48.3 Å². The SMILES string of the molecule is C=C(c1nc(/C=C/CNC(=O)C2CC2)cc2c(NC3CCC(N(C)C)CC3)cccc12)C(F)(F)F.CC#N. The third kappa shape index (κ3) is 7.81. The number of hydrogen-bond acceptors (Lipinski definition) is 5. The Labute approximate surface area is 222 Å². The van der Waals surface area contributed by atoms with Crippen LogP contribution >= 0.6 is 0 Å². The fourth-order valence-corrected chi connectivity index (χ4v) is 4.66. The molecule has 0 atom stereocenters. The molecule has 0 spiro atoms. The number of rotatable bonds is 8. The molecule has 2 N–H and O–H groups in total. The number of pyridine rings is 1. The molecular formula is C29H36F3N5O. The van der Waals surface area contributed by atoms with Gasteiger partial charge in [-0.15, -0.1) is 0 Å². The van der Waals surface area contributed by atoms with Crippen molar-refractivity contribution in [1.29, 1.82) is 5.26 Å². The Bertz CT molecular complexity index is 1200. The van der Waals surface area contributed by atoms with Gasteiger partial charge >= 0.3 is 6.18 Å². The lowest BCUT2D eigenvalue weighted by Gasteiger charge is -2.33. The van der Waals surface area contributed by atoms with Crippen molar-refractivity contribution in [2.75, 3.05) is 26.0 Å². The number of carbonyl (C=O) groups excluding carboxylic acids is 1. The summed E-state index contributed by atoms with van der Waals surface area (Å²) in [6, 6.07) is 9.69. The minimum absolute atomic E-state index is 0.0164. The second-order valence-electron chi connectivity index (χ2n) is 10.0. The number of amides is 1. The molecule has 0 unspecified atom stereocenters. The predicted octanol–water partition coefficient (Wildman–Crippen LogP) is 6.16. The Balaban J connectivity index is 0.00000127. The molecule has 1 amide bonds. The molecule has 204 valence electrons. The van der Waals surface area contributed by atoms with Crippen LogP contribution in [0.3, 0.4) is 0 Å². The predicted molar refractivity (Wildman–Crippen MR) is 146 cm³/mol. The number of nitrogens with zero attached hydrogens (tertiary/aromatic N) is 3. The minimum atomic E-state index is -4.59. The summed E-state index contributed by atoms with van der Waals surface area (Å²) in [5, 5.41) is 14.8. The Kier molecular flexibility index (Phi) is 9.92. The van der Waals surface area contributed by atoms with E-state index in [9.17, 15) is 18.0 Å². The molecule has 2 aliphatic carbocycles. The fourth-order valence-electron chi connectivity index (χ4n) is 4.66. The van der Waals surface area contributed by atoms with Crippen molar-refractivity contribution in [3.8, 4) is 6.07 Å². The standard InChI is InChI=1S/C27H33F3N4O.C2H3N/c1-17(27(28,29)30)25-22-7-4-8-24(32-19-11-13-21(14-12-19)34(2)3)23(22)16-20(33-25)6-5-15-31-26(35)18-9-10-18;1-2-3/h4-8,16,18-19,21,32H,1,9-15H2,2-3H3,(H,31,35);1H3/b6-5+;. The van der Waals surface area contributed by atoms with Gasteiger partial charge < -0.3 is 15.5 Å². The number of carbonyl (C=O) groups is 1. The Morgan fingerprint density at radius 1 is 1.18 bits per heavy atom. The molecular weight excluding hydrogens is 491 g/mol. The van der Waals surface area contributed by atoms with Gasteiger partial charge in [-0.25, -0.2) is 4.98 Å². The second-order valence-corrected chi connectivity index (χ2v) is 10.0. The quantitative estimate of drug-likeness (QED) is 0.430. The van der Waals surface area contributed by atoms with E-state index in [1.54, 1.807) is 36.4 Å². The third-order valence-corrected chi connectivity index (χ3v) is 6.94. The van der Waals surface area contributed by atoms with E-state index in [0.29, 0.717) is 29.1 Å². The van der Waals surface area contributed by atoms with E-state index in [4.69, 9.17) is 5.26 Å². The van der Waals surface area contributed by atoms with E-state index in [1.165, 1.54) is 6.92 Å². The van der Waals surface area contributed by atoms with Crippen LogP contribution in [0.1, 0.15) is 56.8 Å². The molecule has 4 rings (SSSR count). The zero-order chi connectivity index (χ0) is 27.9. The molecule has 38 heavy (non-hydrogen) atoms. The summed E-state index contributed by atoms with van der Waals surface area (Å²) < 4.78 is 40.9. The molecule has 2 fully saturated rings. The highest BCUT2D eigenvalue weighted by Crippen LogP contribution is 2.38. The lowest BCUT2D eigenvalue weighted by atomic mass is 9.90. The molecule has 0 saturated heterocycles. The summed E-state index contributed by atoms with van der Waals surface area (Å²) in [6.45, 7) is 5.05. The Hall–Kier alpha value is -3.38. The molecule has 2 saturated carbocycles. The number of alkyl halides is 3. The first-order valence-electron chi connectivity index (χ1n) is 12.9. The van der Waals surface area contributed by atoms with E-state index in [1.807, 2.05) is 6.07 Å². The summed E-state index contributed by atoms with van der Waals surface area (Å²) in [5.74, 6) is 0.119. The van der Waals surface area contributed by atoms with Crippen LogP contribution in [-0.2, 0) is 4.79 Å². The van der Waals surface area contributed by atoms with Crippen LogP contribution in [0.5, 0.6) is 0 Å². The van der Waals surface area contributed by atoms with Crippen molar-refractivity contribution in [2.24, 2.45) is 5.92 Å². The molecule has 0 radical (unpaired) electrons. The van der Waals surface area contributed by atoms with Crippen molar-refractivity contribution in [1.82, 2.24) is 15.2 Å². The average molecular weight is 528 g/mol. The van der Waals surface area contributed by atoms with Crippen LogP contribution in [0.25, 0.3) is 22.4 Å². The number of nitrogens with one attached hydrogen (secondary N) is 2. The molecule has 0 bridgehead atoms. The maximum Gasteiger partial charge on any atom is 0.417 e. The van der Waals surface area contributed by atoms with Gasteiger partial charge in [0.05, 0.1) is 23.0 Å². The Morgan fingerprint density at radius 3 is 2.42 bits per heavy atom. The van der Waals surface area contributed by atoms with Gasteiger partial charge in [0.2, 0.25) is 5.91 Å². The zero-order valence-corrected chi connectivity index (χ0v) is 22.2. The van der Waals surface area contributed by atoms with Crippen molar-refractivity contribution in [2.45, 2.75) is 63.7 Å². The number of allylic oxidation sites excluding steroid dienone is 1. The van der Waals surface area contributed by atoms with Gasteiger partial charge in [0.25, 0.3) is 0 Å². The third-order valence-electron chi connectivity index (χ3n) is 6.94. The highest BCUT2D eigenvalue weighted by atomic mass is 19.4. The van der Waals surface area contributed by atoms with E-state index in [2.05, 4.69) is 41.2 Å². The van der Waals surface area contributed by atoms with Gasteiger partial charge in [-0.1, -0.05) is 24.8 Å². The first-order chi connectivity index (χ1) is 18.0. The largest absolute Gasteiger partial charge is 0.417 e. The van der Waals surface area contributed by atoms with Crippen LogP contribution in [0.15, 0.2) is 36.9 Å². The average Bonchev–Trinajstić information content (AvgIpc) is 3.72. The van der Waals surface area contributed by atoms with Gasteiger partial charge in [-0.2, -0.15) is 18.4 Å². The fraction of sp³-hybridized carbons (Fsp3) is 0.483. The zero-order valence-electron chi connectivity index (χ0n) is 22.2. The van der Waals surface area contributed by atoms with Gasteiger partial charge in [-0.05, 0) is 70.8 Å². The number of fused-ring (bicyclic) bond motifs is 1. The van der Waals surface area contributed by atoms with Crippen LogP contribution in [0.4, 0.5) is 18.9 Å². The number of hydrogen-bond donors (Lipinski definition) is 2. The highest BCUT2D eigenvalue weighted by molar-refractivity contribution is 6.00. The van der Waals surface area contributed by atoms with Crippen molar-refractivity contribution >= 4 is 34.0 Å². The normalized spacial score (nSPS) is 19.5. The lowest BCUT2D eigenvalue weighted by molar-refractivity contribution is -0.122. The molecule has 1 aromatic heterocycles. The number of nitriles is 1. The van der Waals surface area contributed by atoms with Crippen molar-refractivity contribution < 1.29 is 18.0 Å². The number of aromatic nitrogens is 1. The number of anilines is 1. The topological polar surface area (TPSA) is 81.1 Å². The number of benzene rings is 1. The van der Waals surface area contributed by atoms with E-state index in [-0.39, 0.29) is 23.6 Å². The molecule has 9 heteroatoms. The summed E-state index contributed by atoms with van der Waals surface area (Å²) in [5.41, 5.74) is 0.0512. The Morgan fingerprint density at radius 2 is 1.84 bits per heavy atom. The van der Waals surface area contributed by atoms with Gasteiger partial charge in [-0.3, -0.25) is 4.79 Å². The molecule has 0 aliphatic heterocycles. The maximum absolute atomic E-state index is 13.6. The second kappa shape index (κ2) is 12.9. The summed E-state index contributed by atoms with van der Waals surface area (Å²) in [7, 11) is 4.19. The van der Waals surface area contributed by atoms with Crippen LogP contribution in [0, 0.1) is 17.2 Å². The first-order valence-corrected chi connectivity index (χ1v) is 12.9. The van der Waals surface area contributed by atoms with E-state index >= 15 is 0 Å². The molecule has 2 aliphatic rings. The molecule has 1 aromatic carbocycles. The van der Waals surface area contributed by atoms with Gasteiger partial charge in [0.15, 0.2) is 0 Å². The van der Waals surface area contributed by atoms with Crippen LogP contribution < -0.4 is 10.6 Å². The lowest BCUT2D eigenvalue weighted by Crippen LogP contribution is -2.36. The van der Waals surface area contributed by atoms with Gasteiger partial charge in [0, 0.05) is 47.9 Å². The summed E-state index contributed by atoms with van der Waals surface area (Å²) >= 11 is 0. The molecule has 1 heterocycles. The monoisotopic (exact) mass is 527 g/mol.